The van der Waals surface area contributed by atoms with Crippen molar-refractivity contribution >= 4 is 63.1 Å². The molecule has 9 nitrogen and oxygen atoms in total. The monoisotopic (exact) mass is 510 g/mol. The maximum atomic E-state index is 13.2. The van der Waals surface area contributed by atoms with Crippen molar-refractivity contribution in [3.63, 3.8) is 0 Å². The van der Waals surface area contributed by atoms with Gasteiger partial charge in [0.25, 0.3) is 17.7 Å². The van der Waals surface area contributed by atoms with Gasteiger partial charge in [-0.25, -0.2) is 14.7 Å². The summed E-state index contributed by atoms with van der Waals surface area (Å²) in [5, 5.41) is 5.71. The number of esters is 1. The van der Waals surface area contributed by atoms with Crippen LogP contribution in [0.1, 0.15) is 31.3 Å². The molecule has 1 aliphatic heterocycles. The summed E-state index contributed by atoms with van der Waals surface area (Å²) in [5.74, 6) is -2.63. The molecule has 1 aromatic heterocycles. The van der Waals surface area contributed by atoms with Gasteiger partial charge in [0, 0.05) is 16.1 Å². The molecule has 0 atom stereocenters. The van der Waals surface area contributed by atoms with E-state index in [4.69, 9.17) is 16.3 Å². The Labute approximate surface area is 209 Å². The first-order chi connectivity index (χ1) is 16.7. The second kappa shape index (κ2) is 9.69. The molecule has 3 amide bonds. The molecule has 178 valence electrons. The van der Waals surface area contributed by atoms with Crippen molar-refractivity contribution in [2.75, 3.05) is 22.6 Å². The Balaban J connectivity index is 1.57. The van der Waals surface area contributed by atoms with E-state index in [2.05, 4.69) is 15.6 Å². The molecular weight excluding hydrogens is 492 g/mol. The molecule has 0 radical (unpaired) electrons. The minimum absolute atomic E-state index is 0.0359. The Morgan fingerprint density at radius 3 is 2.49 bits per heavy atom. The first-order valence-corrected chi connectivity index (χ1v) is 11.5. The molecule has 2 heterocycles. The summed E-state index contributed by atoms with van der Waals surface area (Å²) in [6.07, 6.45) is 0. The topological polar surface area (TPSA) is 118 Å². The number of nitrogens with zero attached hydrogens (tertiary/aromatic N) is 2. The number of hydrogen-bond acceptors (Lipinski definition) is 8. The average molecular weight is 511 g/mol. The lowest BCUT2D eigenvalue weighted by molar-refractivity contribution is -0.120. The molecule has 0 saturated carbocycles. The first kappa shape index (κ1) is 24.1. The summed E-state index contributed by atoms with van der Waals surface area (Å²) < 4.78 is 4.75. The molecule has 11 heteroatoms. The third-order valence-corrected chi connectivity index (χ3v) is 6.56. The molecule has 0 fully saturated rings. The molecule has 0 saturated heterocycles. The summed E-state index contributed by atoms with van der Waals surface area (Å²) >= 11 is 7.58. The zero-order chi connectivity index (χ0) is 25.3. The predicted octanol–water partition coefficient (Wildman–Crippen LogP) is 4.23. The van der Waals surface area contributed by atoms with Crippen molar-refractivity contribution in [3.8, 4) is 0 Å². The van der Waals surface area contributed by atoms with Crippen molar-refractivity contribution in [2.45, 2.75) is 13.8 Å². The van der Waals surface area contributed by atoms with Gasteiger partial charge < -0.3 is 10.1 Å². The summed E-state index contributed by atoms with van der Waals surface area (Å²) in [7, 11) is 1.20. The number of para-hydroxylation sites is 1. The van der Waals surface area contributed by atoms with Gasteiger partial charge in [-0.05, 0) is 44.2 Å². The quantitative estimate of drug-likeness (QED) is 0.376. The maximum absolute atomic E-state index is 13.2. The second-order valence-electron chi connectivity index (χ2n) is 7.46. The van der Waals surface area contributed by atoms with E-state index in [-0.39, 0.29) is 27.9 Å². The number of rotatable bonds is 6. The fourth-order valence-electron chi connectivity index (χ4n) is 3.36. The van der Waals surface area contributed by atoms with E-state index < -0.39 is 17.8 Å². The highest BCUT2D eigenvalue weighted by molar-refractivity contribution is 7.15. The number of imide groups is 1. The highest BCUT2D eigenvalue weighted by Crippen LogP contribution is 2.32. The Morgan fingerprint density at radius 1 is 1.06 bits per heavy atom. The molecule has 0 unspecified atom stereocenters. The smallest absolute Gasteiger partial charge is 0.339 e. The first-order valence-electron chi connectivity index (χ1n) is 10.3. The molecule has 3 aromatic rings. The zero-order valence-corrected chi connectivity index (χ0v) is 20.4. The molecule has 0 bridgehead atoms. The number of aryl methyl sites for hydroxylation is 2. The van der Waals surface area contributed by atoms with Crippen LogP contribution >= 0.6 is 22.9 Å². The van der Waals surface area contributed by atoms with E-state index in [1.807, 2.05) is 13.8 Å². The Bertz CT molecular complexity index is 1390. The van der Waals surface area contributed by atoms with E-state index in [0.29, 0.717) is 16.4 Å². The number of thiazole rings is 1. The van der Waals surface area contributed by atoms with Crippen LogP contribution in [-0.4, -0.2) is 35.8 Å². The lowest BCUT2D eigenvalue weighted by Crippen LogP contribution is -2.33. The number of carbonyl (C=O) groups is 4. The van der Waals surface area contributed by atoms with Crippen LogP contribution < -0.4 is 15.5 Å². The van der Waals surface area contributed by atoms with Gasteiger partial charge in [-0.2, -0.15) is 0 Å². The molecule has 2 N–H and O–H groups in total. The number of aromatic nitrogens is 1. The van der Waals surface area contributed by atoms with Crippen LogP contribution in [0.4, 0.5) is 16.5 Å². The summed E-state index contributed by atoms with van der Waals surface area (Å²) in [5.41, 5.74) is 1.41. The standard InChI is InChI=1S/C24H19ClN4O5S/c1-12-13(2)35-24(26-12)28-20(30)14-7-6-8-15(11-14)27-19-18(25)21(31)29(22(19)32)17-10-5-4-9-16(17)23(33)34-3/h4-11,27H,1-3H3,(H,26,28,30). The SMILES string of the molecule is COC(=O)c1ccccc1N1C(=O)C(Cl)=C(Nc2cccc(C(=O)Nc3nc(C)c(C)s3)c2)C1=O. The van der Waals surface area contributed by atoms with Crippen LogP contribution in [0.2, 0.25) is 0 Å². The maximum Gasteiger partial charge on any atom is 0.339 e. The lowest BCUT2D eigenvalue weighted by atomic mass is 10.1. The van der Waals surface area contributed by atoms with Gasteiger partial charge in [0.15, 0.2) is 5.13 Å². The number of benzene rings is 2. The van der Waals surface area contributed by atoms with Gasteiger partial charge in [0.05, 0.1) is 24.1 Å². The van der Waals surface area contributed by atoms with Crippen molar-refractivity contribution in [2.24, 2.45) is 0 Å². The minimum atomic E-state index is -0.793. The number of amides is 3. The molecule has 0 aliphatic carbocycles. The van der Waals surface area contributed by atoms with Crippen LogP contribution in [0.15, 0.2) is 59.3 Å². The van der Waals surface area contributed by atoms with Crippen LogP contribution in [-0.2, 0) is 14.3 Å². The highest BCUT2D eigenvalue weighted by Gasteiger charge is 2.40. The fraction of sp³-hybridized carbons (Fsp3) is 0.125. The molecular formula is C24H19ClN4O5S. The number of carbonyl (C=O) groups excluding carboxylic acids is 4. The Kier molecular flexibility index (Phi) is 6.68. The number of nitrogens with one attached hydrogen (secondary N) is 2. The Hall–Kier alpha value is -4.02. The largest absolute Gasteiger partial charge is 0.465 e. The Morgan fingerprint density at radius 2 is 1.80 bits per heavy atom. The van der Waals surface area contributed by atoms with Crippen LogP contribution in [0.25, 0.3) is 0 Å². The van der Waals surface area contributed by atoms with Gasteiger partial charge in [0.2, 0.25) is 0 Å². The molecule has 0 spiro atoms. The number of anilines is 3. The summed E-state index contributed by atoms with van der Waals surface area (Å²) in [4.78, 5) is 56.9. The molecule has 35 heavy (non-hydrogen) atoms. The van der Waals surface area contributed by atoms with E-state index in [1.54, 1.807) is 30.3 Å². The predicted molar refractivity (Wildman–Crippen MR) is 133 cm³/mol. The van der Waals surface area contributed by atoms with Crippen LogP contribution in [0, 0.1) is 13.8 Å². The normalized spacial score (nSPS) is 13.3. The minimum Gasteiger partial charge on any atom is -0.465 e. The van der Waals surface area contributed by atoms with Crippen LogP contribution in [0.5, 0.6) is 0 Å². The van der Waals surface area contributed by atoms with E-state index in [9.17, 15) is 19.2 Å². The summed E-state index contributed by atoms with van der Waals surface area (Å²) in [6.45, 7) is 3.77. The van der Waals surface area contributed by atoms with Gasteiger partial charge >= 0.3 is 5.97 Å². The number of ether oxygens (including phenoxy) is 1. The van der Waals surface area contributed by atoms with Gasteiger partial charge in [0.1, 0.15) is 10.7 Å². The second-order valence-corrected chi connectivity index (χ2v) is 9.05. The van der Waals surface area contributed by atoms with Crippen molar-refractivity contribution in [1.29, 1.82) is 0 Å². The van der Waals surface area contributed by atoms with E-state index in [1.165, 1.54) is 36.6 Å². The highest BCUT2D eigenvalue weighted by atomic mass is 35.5. The van der Waals surface area contributed by atoms with E-state index in [0.717, 1.165) is 15.5 Å². The average Bonchev–Trinajstić information content (AvgIpc) is 3.27. The zero-order valence-electron chi connectivity index (χ0n) is 18.8. The van der Waals surface area contributed by atoms with Crippen LogP contribution in [0.3, 0.4) is 0 Å². The fourth-order valence-corrected chi connectivity index (χ4v) is 4.38. The number of methoxy groups -OCH3 is 1. The van der Waals surface area contributed by atoms with Crippen molar-refractivity contribution in [3.05, 3.63) is 81.0 Å². The van der Waals surface area contributed by atoms with Crippen molar-refractivity contribution < 1.29 is 23.9 Å². The molecule has 4 rings (SSSR count). The third kappa shape index (κ3) is 4.66. The van der Waals surface area contributed by atoms with Gasteiger partial charge in [-0.1, -0.05) is 29.8 Å². The molecule has 1 aliphatic rings. The van der Waals surface area contributed by atoms with Crippen molar-refractivity contribution in [1.82, 2.24) is 4.98 Å². The lowest BCUT2D eigenvalue weighted by Gasteiger charge is -2.18. The number of halogens is 1. The third-order valence-electron chi connectivity index (χ3n) is 5.22. The number of hydrogen-bond donors (Lipinski definition) is 2. The van der Waals surface area contributed by atoms with Gasteiger partial charge in [-0.3, -0.25) is 19.7 Å². The van der Waals surface area contributed by atoms with E-state index >= 15 is 0 Å². The summed E-state index contributed by atoms with van der Waals surface area (Å²) in [6, 6.07) is 12.4. The van der Waals surface area contributed by atoms with Gasteiger partial charge in [-0.15, -0.1) is 11.3 Å². The molecule has 2 aromatic carbocycles.